The van der Waals surface area contributed by atoms with Crippen LogP contribution in [0.2, 0.25) is 0 Å². The lowest BCUT2D eigenvalue weighted by atomic mass is 9.82. The van der Waals surface area contributed by atoms with Crippen molar-refractivity contribution in [2.75, 3.05) is 13.1 Å². The molecule has 126 valence electrons. The molecule has 3 rings (SSSR count). The Balaban J connectivity index is 1.70. The summed E-state index contributed by atoms with van der Waals surface area (Å²) < 4.78 is 0. The molecule has 1 saturated heterocycles. The normalized spacial score (nSPS) is 20.8. The summed E-state index contributed by atoms with van der Waals surface area (Å²) in [5.41, 5.74) is 0.708. The predicted molar refractivity (Wildman–Crippen MR) is 92.2 cm³/mol. The molecule has 2 heterocycles. The van der Waals surface area contributed by atoms with E-state index in [-0.39, 0.29) is 12.5 Å². The fourth-order valence-electron chi connectivity index (χ4n) is 3.01. The molecule has 5 nitrogen and oxygen atoms in total. The number of aromatic nitrogens is 1. The van der Waals surface area contributed by atoms with Crippen LogP contribution in [0.25, 0.3) is 0 Å². The Labute approximate surface area is 145 Å². The van der Waals surface area contributed by atoms with E-state index in [9.17, 15) is 14.7 Å². The van der Waals surface area contributed by atoms with Gasteiger partial charge in [-0.2, -0.15) is 0 Å². The van der Waals surface area contributed by atoms with Crippen molar-refractivity contribution in [3.8, 4) is 0 Å². The van der Waals surface area contributed by atoms with Crippen molar-refractivity contribution in [1.29, 1.82) is 0 Å². The summed E-state index contributed by atoms with van der Waals surface area (Å²) in [5, 5.41) is 12.0. The topological polar surface area (TPSA) is 70.5 Å². The van der Waals surface area contributed by atoms with E-state index in [1.807, 2.05) is 30.3 Å². The number of hydrogen-bond donors (Lipinski definition) is 1. The van der Waals surface area contributed by atoms with Gasteiger partial charge in [-0.3, -0.25) is 9.59 Å². The molecule has 1 aromatic carbocycles. The average Bonchev–Trinajstić information content (AvgIpc) is 3.03. The summed E-state index contributed by atoms with van der Waals surface area (Å²) in [4.78, 5) is 30.2. The summed E-state index contributed by atoms with van der Waals surface area (Å²) >= 11 is 1.47. The van der Waals surface area contributed by atoms with Gasteiger partial charge in [0.25, 0.3) is 5.91 Å². The minimum Gasteiger partial charge on any atom is -0.481 e. The highest BCUT2D eigenvalue weighted by Crippen LogP contribution is 2.30. The van der Waals surface area contributed by atoms with Crippen molar-refractivity contribution >= 4 is 23.2 Å². The molecule has 2 aromatic rings. The van der Waals surface area contributed by atoms with E-state index in [0.717, 1.165) is 10.6 Å². The van der Waals surface area contributed by atoms with Gasteiger partial charge in [0.15, 0.2) is 0 Å². The molecular formula is C18H20N2O3S. The Bertz CT molecular complexity index is 744. The molecular weight excluding hydrogens is 324 g/mol. The highest BCUT2D eigenvalue weighted by molar-refractivity contribution is 7.09. The number of carboxylic acid groups (broad SMARTS) is 1. The lowest BCUT2D eigenvalue weighted by Gasteiger charge is -2.37. The monoisotopic (exact) mass is 344 g/mol. The lowest BCUT2D eigenvalue weighted by molar-refractivity contribution is -0.150. The Morgan fingerprint density at radius 1 is 1.33 bits per heavy atom. The second-order valence-corrected chi connectivity index (χ2v) is 7.43. The van der Waals surface area contributed by atoms with Crippen molar-refractivity contribution in [3.63, 3.8) is 0 Å². The van der Waals surface area contributed by atoms with E-state index >= 15 is 0 Å². The van der Waals surface area contributed by atoms with E-state index in [2.05, 4.69) is 4.98 Å². The standard InChI is InChI=1S/C18H20N2O3S/c1-18(17(22)23)8-5-9-20(12-18)16(21)14-11-24-15(19-14)10-13-6-3-2-4-7-13/h2-4,6-7,11H,5,8-10,12H2,1H3,(H,22,23). The van der Waals surface area contributed by atoms with E-state index in [0.29, 0.717) is 31.5 Å². The second kappa shape index (κ2) is 6.73. The zero-order valence-electron chi connectivity index (χ0n) is 13.6. The molecule has 1 aromatic heterocycles. The molecule has 24 heavy (non-hydrogen) atoms. The molecule has 1 aliphatic heterocycles. The third kappa shape index (κ3) is 3.48. The summed E-state index contributed by atoms with van der Waals surface area (Å²) in [6.45, 7) is 2.54. The number of carboxylic acids is 1. The molecule has 1 atom stereocenters. The molecule has 6 heteroatoms. The highest BCUT2D eigenvalue weighted by atomic mass is 32.1. The van der Waals surface area contributed by atoms with Crippen LogP contribution in [-0.2, 0) is 11.2 Å². The maximum absolute atomic E-state index is 12.7. The number of nitrogens with zero attached hydrogens (tertiary/aromatic N) is 2. The van der Waals surface area contributed by atoms with Crippen molar-refractivity contribution < 1.29 is 14.7 Å². The summed E-state index contributed by atoms with van der Waals surface area (Å²) in [7, 11) is 0. The summed E-state index contributed by atoms with van der Waals surface area (Å²) in [6, 6.07) is 10.00. The molecule has 1 N–H and O–H groups in total. The van der Waals surface area contributed by atoms with Crippen LogP contribution in [0.4, 0.5) is 0 Å². The Morgan fingerprint density at radius 3 is 2.79 bits per heavy atom. The van der Waals surface area contributed by atoms with Crippen LogP contribution in [0.15, 0.2) is 35.7 Å². The molecule has 1 fully saturated rings. The van der Waals surface area contributed by atoms with Gasteiger partial charge in [0.2, 0.25) is 0 Å². The number of thiazole rings is 1. The summed E-state index contributed by atoms with van der Waals surface area (Å²) in [5.74, 6) is -1.01. The maximum Gasteiger partial charge on any atom is 0.311 e. The molecule has 0 radical (unpaired) electrons. The number of amides is 1. The van der Waals surface area contributed by atoms with Gasteiger partial charge in [-0.1, -0.05) is 30.3 Å². The third-order valence-corrected chi connectivity index (χ3v) is 5.32. The highest BCUT2D eigenvalue weighted by Gasteiger charge is 2.39. The van der Waals surface area contributed by atoms with E-state index in [1.165, 1.54) is 11.3 Å². The van der Waals surface area contributed by atoms with Gasteiger partial charge in [0.05, 0.1) is 10.4 Å². The zero-order chi connectivity index (χ0) is 17.2. The zero-order valence-corrected chi connectivity index (χ0v) is 14.4. The van der Waals surface area contributed by atoms with Gasteiger partial charge in [-0.15, -0.1) is 11.3 Å². The SMILES string of the molecule is CC1(C(=O)O)CCCN(C(=O)c2csc(Cc3ccccc3)n2)C1. The molecule has 1 unspecified atom stereocenters. The number of carbonyl (C=O) groups excluding carboxylic acids is 1. The first-order valence-corrected chi connectivity index (χ1v) is 8.87. The van der Waals surface area contributed by atoms with E-state index in [4.69, 9.17) is 0 Å². The first-order valence-electron chi connectivity index (χ1n) is 7.99. The molecule has 0 saturated carbocycles. The van der Waals surface area contributed by atoms with Gasteiger partial charge in [-0.25, -0.2) is 4.98 Å². The number of benzene rings is 1. The fraction of sp³-hybridized carbons (Fsp3) is 0.389. The van der Waals surface area contributed by atoms with Crippen LogP contribution < -0.4 is 0 Å². The molecule has 0 aliphatic carbocycles. The molecule has 0 spiro atoms. The smallest absolute Gasteiger partial charge is 0.311 e. The van der Waals surface area contributed by atoms with E-state index < -0.39 is 11.4 Å². The number of rotatable bonds is 4. The van der Waals surface area contributed by atoms with Crippen molar-refractivity contribution in [1.82, 2.24) is 9.88 Å². The largest absolute Gasteiger partial charge is 0.481 e. The average molecular weight is 344 g/mol. The number of piperidine rings is 1. The van der Waals surface area contributed by atoms with Crippen molar-refractivity contribution in [3.05, 3.63) is 52.0 Å². The first-order chi connectivity index (χ1) is 11.5. The first kappa shape index (κ1) is 16.6. The van der Waals surface area contributed by atoms with Gasteiger partial charge >= 0.3 is 5.97 Å². The van der Waals surface area contributed by atoms with Crippen LogP contribution in [0.5, 0.6) is 0 Å². The van der Waals surface area contributed by atoms with Gasteiger partial charge in [0, 0.05) is 24.9 Å². The van der Waals surface area contributed by atoms with Crippen LogP contribution in [-0.4, -0.2) is 40.0 Å². The van der Waals surface area contributed by atoms with Crippen LogP contribution in [0.3, 0.4) is 0 Å². The number of carbonyl (C=O) groups is 2. The maximum atomic E-state index is 12.7. The van der Waals surface area contributed by atoms with Crippen molar-refractivity contribution in [2.24, 2.45) is 5.41 Å². The quantitative estimate of drug-likeness (QED) is 0.925. The van der Waals surface area contributed by atoms with E-state index in [1.54, 1.807) is 17.2 Å². The number of likely N-dealkylation sites (tertiary alicyclic amines) is 1. The van der Waals surface area contributed by atoms with Crippen LogP contribution >= 0.6 is 11.3 Å². The van der Waals surface area contributed by atoms with Crippen molar-refractivity contribution in [2.45, 2.75) is 26.2 Å². The Morgan fingerprint density at radius 2 is 2.08 bits per heavy atom. The number of hydrogen-bond acceptors (Lipinski definition) is 4. The second-order valence-electron chi connectivity index (χ2n) is 6.48. The molecule has 1 amide bonds. The van der Waals surface area contributed by atoms with Gasteiger partial charge in [-0.05, 0) is 25.3 Å². The minimum absolute atomic E-state index is 0.169. The Kier molecular flexibility index (Phi) is 4.66. The summed E-state index contributed by atoms with van der Waals surface area (Å²) in [6.07, 6.45) is 2.00. The van der Waals surface area contributed by atoms with Gasteiger partial charge < -0.3 is 10.0 Å². The molecule has 1 aliphatic rings. The predicted octanol–water partition coefficient (Wildman–Crippen LogP) is 3.06. The van der Waals surface area contributed by atoms with Crippen LogP contribution in [0, 0.1) is 5.41 Å². The van der Waals surface area contributed by atoms with Crippen LogP contribution in [0.1, 0.15) is 40.8 Å². The van der Waals surface area contributed by atoms with Gasteiger partial charge in [0.1, 0.15) is 5.69 Å². The number of aliphatic carboxylic acids is 1. The fourth-order valence-corrected chi connectivity index (χ4v) is 3.81. The minimum atomic E-state index is -0.864. The molecule has 0 bridgehead atoms. The lowest BCUT2D eigenvalue weighted by Crippen LogP contribution is -2.48. The third-order valence-electron chi connectivity index (χ3n) is 4.47. The Hall–Kier alpha value is -2.21.